The van der Waals surface area contributed by atoms with Gasteiger partial charge in [0.15, 0.2) is 0 Å². The first-order valence-electron chi connectivity index (χ1n) is 5.20. The van der Waals surface area contributed by atoms with Crippen LogP contribution in [0.5, 0.6) is 0 Å². The lowest BCUT2D eigenvalue weighted by atomic mass is 10.1. The molecule has 1 heterocycles. The molecule has 1 aromatic heterocycles. The number of thiophene rings is 1. The second kappa shape index (κ2) is 4.14. The number of carbonyl (C=O) groups excluding carboxylic acids is 1. The van der Waals surface area contributed by atoms with E-state index in [9.17, 15) is 4.79 Å². The van der Waals surface area contributed by atoms with E-state index in [1.807, 2.05) is 32.0 Å². The van der Waals surface area contributed by atoms with Crippen LogP contribution in [0.3, 0.4) is 0 Å². The number of nitrogen functional groups attached to an aromatic ring is 1. The predicted molar refractivity (Wildman–Crippen MR) is 69.0 cm³/mol. The van der Waals surface area contributed by atoms with Crippen LogP contribution in [0.4, 0.5) is 5.69 Å². The Hall–Kier alpha value is -1.55. The number of hydrogen-bond acceptors (Lipinski definition) is 3. The summed E-state index contributed by atoms with van der Waals surface area (Å²) in [5.74, 6) is -0.0844. The first kappa shape index (κ1) is 11.0. The molecule has 0 aliphatic heterocycles. The van der Waals surface area contributed by atoms with Crippen molar-refractivity contribution in [3.63, 3.8) is 0 Å². The highest BCUT2D eigenvalue weighted by Gasteiger charge is 2.15. The predicted octanol–water partition coefficient (Wildman–Crippen LogP) is 2.54. The first-order valence-corrected chi connectivity index (χ1v) is 6.02. The molecule has 0 unspecified atom stereocenters. The fourth-order valence-electron chi connectivity index (χ4n) is 1.64. The highest BCUT2D eigenvalue weighted by atomic mass is 32.1. The Kier molecular flexibility index (Phi) is 2.83. The second-order valence-corrected chi connectivity index (χ2v) is 4.76. The smallest absolute Gasteiger partial charge is 0.263 e. The molecule has 0 radical (unpaired) electrons. The van der Waals surface area contributed by atoms with Crippen molar-refractivity contribution in [1.29, 1.82) is 0 Å². The van der Waals surface area contributed by atoms with Crippen molar-refractivity contribution in [2.75, 3.05) is 12.3 Å². The van der Waals surface area contributed by atoms with Crippen molar-refractivity contribution < 1.29 is 4.79 Å². The molecule has 0 saturated carbocycles. The van der Waals surface area contributed by atoms with Crippen molar-refractivity contribution in [2.45, 2.75) is 13.8 Å². The molecular weight excluding hydrogens is 220 g/mol. The van der Waals surface area contributed by atoms with E-state index in [1.165, 1.54) is 11.3 Å². The molecule has 0 aliphatic carbocycles. The van der Waals surface area contributed by atoms with Crippen LogP contribution >= 0.6 is 11.3 Å². The normalized spacial score (nSPS) is 10.6. The third-order valence-corrected chi connectivity index (χ3v) is 3.61. The first-order chi connectivity index (χ1) is 7.63. The zero-order valence-electron chi connectivity index (χ0n) is 9.33. The molecule has 4 heteroatoms. The number of carbonyl (C=O) groups is 1. The molecule has 16 heavy (non-hydrogen) atoms. The highest BCUT2D eigenvalue weighted by Crippen LogP contribution is 2.33. The van der Waals surface area contributed by atoms with Gasteiger partial charge in [0.05, 0.1) is 5.69 Å². The fraction of sp³-hybridized carbons (Fsp3) is 0.250. The van der Waals surface area contributed by atoms with E-state index in [-0.39, 0.29) is 5.91 Å². The molecule has 84 valence electrons. The van der Waals surface area contributed by atoms with Gasteiger partial charge in [-0.1, -0.05) is 11.6 Å². The fourth-order valence-corrected chi connectivity index (χ4v) is 2.66. The summed E-state index contributed by atoms with van der Waals surface area (Å²) in [6.45, 7) is 4.53. The monoisotopic (exact) mass is 234 g/mol. The Morgan fingerprint density at radius 3 is 2.94 bits per heavy atom. The Morgan fingerprint density at radius 1 is 1.50 bits per heavy atom. The van der Waals surface area contributed by atoms with Crippen molar-refractivity contribution in [1.82, 2.24) is 5.32 Å². The van der Waals surface area contributed by atoms with Crippen molar-refractivity contribution >= 4 is 33.0 Å². The van der Waals surface area contributed by atoms with Gasteiger partial charge in [0, 0.05) is 16.6 Å². The average Bonchev–Trinajstić information content (AvgIpc) is 2.57. The van der Waals surface area contributed by atoms with Gasteiger partial charge in [0.2, 0.25) is 0 Å². The lowest BCUT2D eigenvalue weighted by Crippen LogP contribution is -2.22. The summed E-state index contributed by atoms with van der Waals surface area (Å²) in [6.07, 6.45) is 0. The van der Waals surface area contributed by atoms with E-state index in [1.54, 1.807) is 0 Å². The molecule has 3 nitrogen and oxygen atoms in total. The Labute approximate surface area is 98.3 Å². The van der Waals surface area contributed by atoms with Gasteiger partial charge in [-0.3, -0.25) is 4.79 Å². The number of nitrogens with two attached hydrogens (primary N) is 1. The summed E-state index contributed by atoms with van der Waals surface area (Å²) in [5.41, 5.74) is 7.73. The molecular formula is C12H14N2OS. The van der Waals surface area contributed by atoms with Gasteiger partial charge in [0.25, 0.3) is 5.91 Å². The Bertz CT molecular complexity index is 545. The quantitative estimate of drug-likeness (QED) is 0.839. The maximum Gasteiger partial charge on any atom is 0.263 e. The maximum absolute atomic E-state index is 11.7. The summed E-state index contributed by atoms with van der Waals surface area (Å²) in [5, 5.41) is 3.75. The summed E-state index contributed by atoms with van der Waals surface area (Å²) in [6, 6.07) is 6.05. The molecule has 2 aromatic rings. The standard InChI is InChI=1S/C12H14N2OS/c1-3-14-12(15)11-10(13)8-6-7(2)4-5-9(8)16-11/h4-6H,3,13H2,1-2H3,(H,14,15). The molecule has 0 fully saturated rings. The van der Waals surface area contributed by atoms with Gasteiger partial charge in [-0.25, -0.2) is 0 Å². The van der Waals surface area contributed by atoms with Crippen molar-refractivity contribution in [3.05, 3.63) is 28.6 Å². The molecule has 0 spiro atoms. The van der Waals surface area contributed by atoms with E-state index in [0.717, 1.165) is 15.6 Å². The third-order valence-electron chi connectivity index (χ3n) is 2.43. The summed E-state index contributed by atoms with van der Waals surface area (Å²) in [7, 11) is 0. The summed E-state index contributed by atoms with van der Waals surface area (Å²) >= 11 is 1.44. The molecule has 0 bridgehead atoms. The number of fused-ring (bicyclic) bond motifs is 1. The van der Waals surface area contributed by atoms with Crippen LogP contribution < -0.4 is 11.1 Å². The minimum Gasteiger partial charge on any atom is -0.397 e. The van der Waals surface area contributed by atoms with Crippen molar-refractivity contribution in [3.8, 4) is 0 Å². The van der Waals surface area contributed by atoms with Gasteiger partial charge >= 0.3 is 0 Å². The number of amides is 1. The molecule has 3 N–H and O–H groups in total. The van der Waals surface area contributed by atoms with Crippen LogP contribution in [-0.2, 0) is 0 Å². The minimum atomic E-state index is -0.0844. The van der Waals surface area contributed by atoms with Crippen LogP contribution in [-0.4, -0.2) is 12.5 Å². The second-order valence-electron chi connectivity index (χ2n) is 3.70. The lowest BCUT2D eigenvalue weighted by Gasteiger charge is -1.99. The van der Waals surface area contributed by atoms with Crippen LogP contribution in [0.25, 0.3) is 10.1 Å². The average molecular weight is 234 g/mol. The molecule has 0 saturated heterocycles. The Morgan fingerprint density at radius 2 is 2.25 bits per heavy atom. The van der Waals surface area contributed by atoms with E-state index in [0.29, 0.717) is 17.1 Å². The van der Waals surface area contributed by atoms with Gasteiger partial charge in [0.1, 0.15) is 4.88 Å². The highest BCUT2D eigenvalue weighted by molar-refractivity contribution is 7.21. The van der Waals surface area contributed by atoms with Gasteiger partial charge in [-0.2, -0.15) is 0 Å². The lowest BCUT2D eigenvalue weighted by molar-refractivity contribution is 0.0960. The number of nitrogens with one attached hydrogen (secondary N) is 1. The maximum atomic E-state index is 11.7. The molecule has 2 rings (SSSR count). The largest absolute Gasteiger partial charge is 0.397 e. The van der Waals surface area contributed by atoms with Gasteiger partial charge in [-0.05, 0) is 26.0 Å². The zero-order valence-corrected chi connectivity index (χ0v) is 10.1. The van der Waals surface area contributed by atoms with Crippen LogP contribution in [0.1, 0.15) is 22.2 Å². The number of hydrogen-bond donors (Lipinski definition) is 2. The summed E-state index contributed by atoms with van der Waals surface area (Å²) < 4.78 is 1.06. The van der Waals surface area contributed by atoms with E-state index >= 15 is 0 Å². The van der Waals surface area contributed by atoms with E-state index in [2.05, 4.69) is 5.32 Å². The number of anilines is 1. The van der Waals surface area contributed by atoms with Crippen molar-refractivity contribution in [2.24, 2.45) is 0 Å². The molecule has 0 atom stereocenters. The minimum absolute atomic E-state index is 0.0844. The zero-order chi connectivity index (χ0) is 11.7. The van der Waals surface area contributed by atoms with Crippen LogP contribution in [0, 0.1) is 6.92 Å². The third kappa shape index (κ3) is 1.76. The Balaban J connectivity index is 2.56. The van der Waals surface area contributed by atoms with E-state index < -0.39 is 0 Å². The number of aryl methyl sites for hydroxylation is 1. The molecule has 1 aromatic carbocycles. The van der Waals surface area contributed by atoms with Gasteiger partial charge < -0.3 is 11.1 Å². The topological polar surface area (TPSA) is 55.1 Å². The number of benzene rings is 1. The summed E-state index contributed by atoms with van der Waals surface area (Å²) in [4.78, 5) is 12.4. The van der Waals surface area contributed by atoms with Crippen LogP contribution in [0.2, 0.25) is 0 Å². The van der Waals surface area contributed by atoms with Gasteiger partial charge in [-0.15, -0.1) is 11.3 Å². The molecule has 1 amide bonds. The van der Waals surface area contributed by atoms with Crippen LogP contribution in [0.15, 0.2) is 18.2 Å². The molecule has 0 aliphatic rings. The number of rotatable bonds is 2. The SMILES string of the molecule is CCNC(=O)c1sc2ccc(C)cc2c1N. The van der Waals surface area contributed by atoms with E-state index in [4.69, 9.17) is 5.73 Å².